The molecule has 3 rings (SSSR count). The molecule has 0 unspecified atom stereocenters. The van der Waals surface area contributed by atoms with Crippen molar-refractivity contribution in [2.45, 2.75) is 31.9 Å². The summed E-state index contributed by atoms with van der Waals surface area (Å²) in [5.74, 6) is -0.342. The molecule has 0 radical (unpaired) electrons. The number of nitrogens with zero attached hydrogens (tertiary/aromatic N) is 1. The number of anilines is 1. The Bertz CT molecular complexity index is 662. The molecular formula is C19H23F3N2O3. The van der Waals surface area contributed by atoms with Crippen molar-refractivity contribution >= 4 is 17.5 Å². The van der Waals surface area contributed by atoms with E-state index in [4.69, 9.17) is 4.74 Å². The van der Waals surface area contributed by atoms with Crippen LogP contribution in [0.25, 0.3) is 0 Å². The summed E-state index contributed by atoms with van der Waals surface area (Å²) in [4.78, 5) is 26.7. The molecule has 1 saturated heterocycles. The molecular weight excluding hydrogens is 361 g/mol. The van der Waals surface area contributed by atoms with Crippen molar-refractivity contribution in [2.24, 2.45) is 11.8 Å². The van der Waals surface area contributed by atoms with Crippen LogP contribution in [0.15, 0.2) is 24.3 Å². The summed E-state index contributed by atoms with van der Waals surface area (Å²) in [6.07, 6.45) is -1.88. The highest BCUT2D eigenvalue weighted by atomic mass is 19.4. The van der Waals surface area contributed by atoms with E-state index in [9.17, 15) is 22.8 Å². The minimum Gasteiger partial charge on any atom is -0.378 e. The zero-order valence-corrected chi connectivity index (χ0v) is 14.9. The summed E-state index contributed by atoms with van der Waals surface area (Å²) in [6, 6.07) is 4.42. The van der Waals surface area contributed by atoms with Crippen molar-refractivity contribution in [3.63, 3.8) is 0 Å². The van der Waals surface area contributed by atoms with Gasteiger partial charge in [-0.05, 0) is 49.9 Å². The Kier molecular flexibility index (Phi) is 6.04. The Morgan fingerprint density at radius 1 is 0.963 bits per heavy atom. The third-order valence-electron chi connectivity index (χ3n) is 5.25. The Hall–Kier alpha value is -2.09. The van der Waals surface area contributed by atoms with Crippen LogP contribution < -0.4 is 5.32 Å². The van der Waals surface area contributed by atoms with Crippen molar-refractivity contribution in [1.82, 2.24) is 4.90 Å². The third kappa shape index (κ3) is 5.00. The van der Waals surface area contributed by atoms with E-state index >= 15 is 0 Å². The predicted octanol–water partition coefficient (Wildman–Crippen LogP) is 3.31. The molecule has 2 fully saturated rings. The molecule has 2 aliphatic rings. The molecule has 0 spiro atoms. The maximum Gasteiger partial charge on any atom is 0.416 e. The number of morpholine rings is 1. The van der Waals surface area contributed by atoms with E-state index in [0.717, 1.165) is 12.1 Å². The fourth-order valence-corrected chi connectivity index (χ4v) is 3.63. The van der Waals surface area contributed by atoms with Crippen LogP contribution >= 0.6 is 0 Å². The summed E-state index contributed by atoms with van der Waals surface area (Å²) in [5, 5.41) is 2.68. The largest absolute Gasteiger partial charge is 0.416 e. The fourth-order valence-electron chi connectivity index (χ4n) is 3.63. The lowest BCUT2D eigenvalue weighted by Gasteiger charge is -2.33. The van der Waals surface area contributed by atoms with Gasteiger partial charge in [-0.15, -0.1) is 0 Å². The van der Waals surface area contributed by atoms with Crippen molar-refractivity contribution in [2.75, 3.05) is 31.6 Å². The number of hydrogen-bond donors (Lipinski definition) is 1. The smallest absolute Gasteiger partial charge is 0.378 e. The number of amides is 2. The lowest BCUT2D eigenvalue weighted by molar-refractivity contribution is -0.141. The van der Waals surface area contributed by atoms with Crippen LogP contribution in [0.2, 0.25) is 0 Å². The Morgan fingerprint density at radius 3 is 2.07 bits per heavy atom. The molecule has 27 heavy (non-hydrogen) atoms. The quantitative estimate of drug-likeness (QED) is 0.870. The van der Waals surface area contributed by atoms with E-state index in [1.165, 1.54) is 12.1 Å². The highest BCUT2D eigenvalue weighted by Crippen LogP contribution is 2.32. The van der Waals surface area contributed by atoms with E-state index < -0.39 is 11.7 Å². The van der Waals surface area contributed by atoms with E-state index in [1.807, 2.05) is 4.90 Å². The monoisotopic (exact) mass is 384 g/mol. The van der Waals surface area contributed by atoms with Crippen molar-refractivity contribution in [3.05, 3.63) is 29.8 Å². The Morgan fingerprint density at radius 2 is 1.52 bits per heavy atom. The molecule has 5 nitrogen and oxygen atoms in total. The van der Waals surface area contributed by atoms with E-state index in [1.54, 1.807) is 0 Å². The molecule has 148 valence electrons. The molecule has 1 aliphatic heterocycles. The summed E-state index contributed by atoms with van der Waals surface area (Å²) in [5.41, 5.74) is -0.401. The van der Waals surface area contributed by atoms with Crippen molar-refractivity contribution < 1.29 is 27.5 Å². The second-order valence-electron chi connectivity index (χ2n) is 7.05. The molecule has 1 heterocycles. The van der Waals surface area contributed by atoms with Crippen molar-refractivity contribution in [1.29, 1.82) is 0 Å². The van der Waals surface area contributed by atoms with Gasteiger partial charge in [-0.25, -0.2) is 0 Å². The number of nitrogens with one attached hydrogen (secondary N) is 1. The predicted molar refractivity (Wildman–Crippen MR) is 92.9 cm³/mol. The summed E-state index contributed by atoms with van der Waals surface area (Å²) in [7, 11) is 0. The van der Waals surface area contributed by atoms with Crippen LogP contribution in [0.4, 0.5) is 18.9 Å². The normalized spacial score (nSPS) is 23.7. The van der Waals surface area contributed by atoms with Crippen LogP contribution in [0.1, 0.15) is 31.2 Å². The molecule has 1 saturated carbocycles. The van der Waals surface area contributed by atoms with Crippen molar-refractivity contribution in [3.8, 4) is 0 Å². The first-order chi connectivity index (χ1) is 12.8. The molecule has 0 aromatic heterocycles. The van der Waals surface area contributed by atoms with Gasteiger partial charge in [-0.2, -0.15) is 13.2 Å². The topological polar surface area (TPSA) is 58.6 Å². The highest BCUT2D eigenvalue weighted by Gasteiger charge is 2.33. The van der Waals surface area contributed by atoms with E-state index in [-0.39, 0.29) is 23.7 Å². The maximum atomic E-state index is 12.6. The maximum absolute atomic E-state index is 12.6. The van der Waals surface area contributed by atoms with Gasteiger partial charge in [0.15, 0.2) is 0 Å². The molecule has 0 bridgehead atoms. The number of benzene rings is 1. The first-order valence-electron chi connectivity index (χ1n) is 9.19. The van der Waals surface area contributed by atoms with Gasteiger partial charge in [0, 0.05) is 30.6 Å². The SMILES string of the molecule is O=C(Nc1ccc(C(F)(F)F)cc1)C1CCC(C(=O)N2CCOCC2)CC1. The fraction of sp³-hybridized carbons (Fsp3) is 0.579. The zero-order chi connectivity index (χ0) is 19.4. The zero-order valence-electron chi connectivity index (χ0n) is 14.9. The first-order valence-corrected chi connectivity index (χ1v) is 9.19. The molecule has 2 amide bonds. The standard InChI is InChI=1S/C19H23F3N2O3/c20-19(21,22)15-5-7-16(8-6-15)23-17(25)13-1-3-14(4-2-13)18(26)24-9-11-27-12-10-24/h5-8,13-14H,1-4,9-12H2,(H,23,25). The highest BCUT2D eigenvalue weighted by molar-refractivity contribution is 5.92. The number of carbonyl (C=O) groups is 2. The van der Waals surface area contributed by atoms with Gasteiger partial charge in [0.2, 0.25) is 11.8 Å². The number of halogens is 3. The number of ether oxygens (including phenoxy) is 1. The summed E-state index contributed by atoms with van der Waals surface area (Å²) >= 11 is 0. The molecule has 0 atom stereocenters. The lowest BCUT2D eigenvalue weighted by Crippen LogP contribution is -2.44. The molecule has 8 heteroatoms. The average Bonchev–Trinajstić information content (AvgIpc) is 2.68. The second-order valence-corrected chi connectivity index (χ2v) is 7.05. The summed E-state index contributed by atoms with van der Waals surface area (Å²) < 4.78 is 43.0. The molecule has 1 aromatic carbocycles. The van der Waals surface area contributed by atoms with Gasteiger partial charge in [0.25, 0.3) is 0 Å². The van der Waals surface area contributed by atoms with Crippen LogP contribution in [0.3, 0.4) is 0 Å². The summed E-state index contributed by atoms with van der Waals surface area (Å²) in [6.45, 7) is 2.37. The first kappa shape index (κ1) is 19.7. The van der Waals surface area contributed by atoms with Crippen LogP contribution in [-0.2, 0) is 20.5 Å². The Labute approximate surface area is 155 Å². The average molecular weight is 384 g/mol. The van der Waals surface area contributed by atoms with Gasteiger partial charge in [-0.1, -0.05) is 0 Å². The lowest BCUT2D eigenvalue weighted by atomic mass is 9.81. The van der Waals surface area contributed by atoms with Crippen LogP contribution in [-0.4, -0.2) is 43.0 Å². The molecule has 1 N–H and O–H groups in total. The Balaban J connectivity index is 1.49. The van der Waals surface area contributed by atoms with Gasteiger partial charge in [0.1, 0.15) is 0 Å². The second kappa shape index (κ2) is 8.29. The number of rotatable bonds is 3. The van der Waals surface area contributed by atoms with Gasteiger partial charge in [0.05, 0.1) is 18.8 Å². The van der Waals surface area contributed by atoms with E-state index in [0.29, 0.717) is 57.7 Å². The van der Waals surface area contributed by atoms with E-state index in [2.05, 4.69) is 5.32 Å². The number of alkyl halides is 3. The molecule has 1 aromatic rings. The van der Waals surface area contributed by atoms with Crippen LogP contribution in [0.5, 0.6) is 0 Å². The minimum atomic E-state index is -4.39. The number of hydrogen-bond acceptors (Lipinski definition) is 3. The number of carbonyl (C=O) groups excluding carboxylic acids is 2. The van der Waals surface area contributed by atoms with Gasteiger partial charge >= 0.3 is 6.18 Å². The van der Waals surface area contributed by atoms with Gasteiger partial charge in [-0.3, -0.25) is 9.59 Å². The third-order valence-corrected chi connectivity index (χ3v) is 5.25. The van der Waals surface area contributed by atoms with Gasteiger partial charge < -0.3 is 15.0 Å². The molecule has 1 aliphatic carbocycles. The van der Waals surface area contributed by atoms with Crippen LogP contribution in [0, 0.1) is 11.8 Å². The minimum absolute atomic E-state index is 0.0572.